The summed E-state index contributed by atoms with van der Waals surface area (Å²) in [6.07, 6.45) is 1.13. The van der Waals surface area contributed by atoms with Crippen LogP contribution in [0.15, 0.2) is 47.5 Å². The normalized spacial score (nSPS) is 14.8. The number of benzene rings is 2. The average Bonchev–Trinajstić information content (AvgIpc) is 2.77. The Morgan fingerprint density at radius 1 is 1.04 bits per heavy atom. The third-order valence-corrected chi connectivity index (χ3v) is 5.97. The van der Waals surface area contributed by atoms with Gasteiger partial charge in [-0.25, -0.2) is 0 Å². The van der Waals surface area contributed by atoms with Crippen LogP contribution in [0.2, 0.25) is 0 Å². The molecule has 28 heavy (non-hydrogen) atoms. The molecule has 0 fully saturated rings. The minimum absolute atomic E-state index is 0.199. The predicted octanol–water partition coefficient (Wildman–Crippen LogP) is 4.77. The van der Waals surface area contributed by atoms with E-state index in [0.29, 0.717) is 23.8 Å². The Labute approximate surface area is 171 Å². The van der Waals surface area contributed by atoms with E-state index in [2.05, 4.69) is 36.1 Å². The van der Waals surface area contributed by atoms with Crippen molar-refractivity contribution >= 4 is 16.9 Å². The summed E-state index contributed by atoms with van der Waals surface area (Å²) in [6.45, 7) is 3.82. The number of nitrogens with zero attached hydrogens (tertiary/aromatic N) is 2. The van der Waals surface area contributed by atoms with E-state index < -0.39 is 0 Å². The van der Waals surface area contributed by atoms with E-state index in [1.54, 1.807) is 21.3 Å². The summed E-state index contributed by atoms with van der Waals surface area (Å²) in [4.78, 5) is 7.17. The summed E-state index contributed by atoms with van der Waals surface area (Å²) in [7, 11) is 4.91. The maximum absolute atomic E-state index is 5.53. The zero-order valence-electron chi connectivity index (χ0n) is 17.0. The van der Waals surface area contributed by atoms with E-state index >= 15 is 0 Å². The molecular formula is C22H28N2O3S. The van der Waals surface area contributed by atoms with Crippen molar-refractivity contribution in [3.63, 3.8) is 0 Å². The monoisotopic (exact) mass is 400 g/mol. The van der Waals surface area contributed by atoms with Crippen LogP contribution in [0.5, 0.6) is 17.2 Å². The molecule has 1 heterocycles. The molecule has 5 nitrogen and oxygen atoms in total. The fourth-order valence-corrected chi connectivity index (χ4v) is 4.35. The van der Waals surface area contributed by atoms with Gasteiger partial charge in [0.15, 0.2) is 16.7 Å². The van der Waals surface area contributed by atoms with Crippen molar-refractivity contribution in [2.75, 3.05) is 33.6 Å². The van der Waals surface area contributed by atoms with Crippen LogP contribution in [-0.4, -0.2) is 43.7 Å². The Hall–Kier alpha value is -2.34. The Morgan fingerprint density at radius 3 is 2.25 bits per heavy atom. The zero-order valence-corrected chi connectivity index (χ0v) is 17.8. The molecule has 0 spiro atoms. The van der Waals surface area contributed by atoms with Crippen LogP contribution in [-0.2, 0) is 6.54 Å². The summed E-state index contributed by atoms with van der Waals surface area (Å²) in [5, 5.41) is 1.09. The lowest BCUT2D eigenvalue weighted by molar-refractivity contribution is 0.316. The van der Waals surface area contributed by atoms with E-state index in [1.165, 1.54) is 5.56 Å². The predicted molar refractivity (Wildman–Crippen MR) is 116 cm³/mol. The van der Waals surface area contributed by atoms with Gasteiger partial charge in [-0.1, -0.05) is 42.1 Å². The molecule has 0 saturated carbocycles. The third-order valence-electron chi connectivity index (χ3n) is 4.85. The topological polar surface area (TPSA) is 43.3 Å². The number of thioether (sulfide) groups is 1. The largest absolute Gasteiger partial charge is 0.493 e. The van der Waals surface area contributed by atoms with Crippen molar-refractivity contribution in [3.05, 3.63) is 53.6 Å². The lowest BCUT2D eigenvalue weighted by Gasteiger charge is -2.33. The SMILES string of the molecule is COc1cc(CN(C2=NCCCS2)C(C)c2ccccc2)cc(OC)c1OC. The standard InChI is InChI=1S/C22H28N2O3S/c1-16(18-9-6-5-7-10-18)24(22-23-11-8-12-28-22)15-17-13-19(25-2)21(27-4)20(14-17)26-3/h5-7,9-10,13-14,16H,8,11-12,15H2,1-4H3. The summed E-state index contributed by atoms with van der Waals surface area (Å²) in [6, 6.07) is 14.8. The molecule has 1 unspecified atom stereocenters. The van der Waals surface area contributed by atoms with Gasteiger partial charge in [0, 0.05) is 18.8 Å². The first-order valence-corrected chi connectivity index (χ1v) is 10.4. The first kappa shape index (κ1) is 20.4. The fourth-order valence-electron chi connectivity index (χ4n) is 3.33. The molecule has 150 valence electrons. The van der Waals surface area contributed by atoms with Gasteiger partial charge in [-0.3, -0.25) is 4.99 Å². The van der Waals surface area contributed by atoms with Gasteiger partial charge in [-0.15, -0.1) is 0 Å². The van der Waals surface area contributed by atoms with Gasteiger partial charge >= 0.3 is 0 Å². The van der Waals surface area contributed by atoms with Gasteiger partial charge in [0.05, 0.1) is 27.4 Å². The molecule has 6 heteroatoms. The molecule has 1 aliphatic rings. The molecule has 1 aliphatic heterocycles. The van der Waals surface area contributed by atoms with Crippen molar-refractivity contribution in [1.29, 1.82) is 0 Å². The van der Waals surface area contributed by atoms with Crippen molar-refractivity contribution in [2.24, 2.45) is 4.99 Å². The van der Waals surface area contributed by atoms with E-state index in [1.807, 2.05) is 30.0 Å². The van der Waals surface area contributed by atoms with Crippen LogP contribution < -0.4 is 14.2 Å². The average molecular weight is 401 g/mol. The Balaban J connectivity index is 1.96. The molecule has 1 atom stereocenters. The summed E-state index contributed by atoms with van der Waals surface area (Å²) < 4.78 is 16.5. The second kappa shape index (κ2) is 9.73. The number of methoxy groups -OCH3 is 3. The maximum Gasteiger partial charge on any atom is 0.203 e. The Bertz CT molecular complexity index is 786. The number of hydrogen-bond acceptors (Lipinski definition) is 6. The van der Waals surface area contributed by atoms with Crippen LogP contribution in [0.1, 0.15) is 30.5 Å². The molecule has 0 amide bonds. The molecule has 2 aromatic rings. The minimum Gasteiger partial charge on any atom is -0.493 e. The third kappa shape index (κ3) is 4.55. The second-order valence-electron chi connectivity index (χ2n) is 6.61. The molecule has 0 N–H and O–H groups in total. The highest BCUT2D eigenvalue weighted by atomic mass is 32.2. The molecule has 0 radical (unpaired) electrons. The Morgan fingerprint density at radius 2 is 1.71 bits per heavy atom. The van der Waals surface area contributed by atoms with Crippen molar-refractivity contribution in [3.8, 4) is 17.2 Å². The van der Waals surface area contributed by atoms with Crippen LogP contribution in [0, 0.1) is 0 Å². The minimum atomic E-state index is 0.199. The quantitative estimate of drug-likeness (QED) is 0.670. The molecule has 2 aromatic carbocycles. The van der Waals surface area contributed by atoms with Gasteiger partial charge in [-0.05, 0) is 36.6 Å². The summed E-state index contributed by atoms with van der Waals surface area (Å²) >= 11 is 1.83. The molecule has 0 aliphatic carbocycles. The van der Waals surface area contributed by atoms with Crippen LogP contribution in [0.4, 0.5) is 0 Å². The van der Waals surface area contributed by atoms with E-state index in [0.717, 1.165) is 29.4 Å². The first-order valence-electron chi connectivity index (χ1n) is 9.45. The summed E-state index contributed by atoms with van der Waals surface area (Å²) in [5.74, 6) is 3.05. The molecule has 0 bridgehead atoms. The number of rotatable bonds is 7. The first-order chi connectivity index (χ1) is 13.7. The lowest BCUT2D eigenvalue weighted by atomic mass is 10.1. The van der Waals surface area contributed by atoms with Crippen LogP contribution in [0.3, 0.4) is 0 Å². The van der Waals surface area contributed by atoms with Crippen LogP contribution in [0.25, 0.3) is 0 Å². The fraction of sp³-hybridized carbons (Fsp3) is 0.409. The van der Waals surface area contributed by atoms with E-state index in [9.17, 15) is 0 Å². The molecule has 0 saturated heterocycles. The van der Waals surface area contributed by atoms with Crippen molar-refractivity contribution in [2.45, 2.75) is 25.9 Å². The van der Waals surface area contributed by atoms with Crippen LogP contribution >= 0.6 is 11.8 Å². The molecule has 0 aromatic heterocycles. The number of ether oxygens (including phenoxy) is 3. The smallest absolute Gasteiger partial charge is 0.203 e. The van der Waals surface area contributed by atoms with E-state index in [4.69, 9.17) is 19.2 Å². The summed E-state index contributed by atoms with van der Waals surface area (Å²) in [5.41, 5.74) is 2.36. The highest BCUT2D eigenvalue weighted by Gasteiger charge is 2.23. The lowest BCUT2D eigenvalue weighted by Crippen LogP contribution is -2.33. The van der Waals surface area contributed by atoms with Gasteiger partial charge in [0.1, 0.15) is 0 Å². The van der Waals surface area contributed by atoms with Crippen molar-refractivity contribution < 1.29 is 14.2 Å². The highest BCUT2D eigenvalue weighted by molar-refractivity contribution is 8.13. The van der Waals surface area contributed by atoms with Gasteiger partial charge in [-0.2, -0.15) is 0 Å². The maximum atomic E-state index is 5.53. The van der Waals surface area contributed by atoms with Crippen molar-refractivity contribution in [1.82, 2.24) is 4.90 Å². The Kier molecular flexibility index (Phi) is 7.09. The number of hydrogen-bond donors (Lipinski definition) is 0. The molecular weight excluding hydrogens is 372 g/mol. The van der Waals surface area contributed by atoms with Gasteiger partial charge < -0.3 is 19.1 Å². The zero-order chi connectivity index (χ0) is 19.9. The molecule has 3 rings (SSSR count). The van der Waals surface area contributed by atoms with E-state index in [-0.39, 0.29) is 6.04 Å². The second-order valence-corrected chi connectivity index (χ2v) is 7.68. The highest BCUT2D eigenvalue weighted by Crippen LogP contribution is 2.39. The number of amidine groups is 1. The van der Waals surface area contributed by atoms with Gasteiger partial charge in [0.25, 0.3) is 0 Å². The van der Waals surface area contributed by atoms with Gasteiger partial charge in [0.2, 0.25) is 5.75 Å². The number of aliphatic imine (C=N–C) groups is 1.